The summed E-state index contributed by atoms with van der Waals surface area (Å²) in [5, 5.41) is 0. The molecule has 0 saturated heterocycles. The summed E-state index contributed by atoms with van der Waals surface area (Å²) in [4.78, 5) is 3.75. The van der Waals surface area contributed by atoms with Crippen molar-refractivity contribution in [2.75, 3.05) is 5.73 Å². The molecule has 0 bridgehead atoms. The monoisotopic (exact) mass is 209 g/mol. The van der Waals surface area contributed by atoms with Crippen LogP contribution in [0.15, 0.2) is 12.4 Å². The molecule has 1 rings (SSSR count). The zero-order valence-corrected chi connectivity index (χ0v) is 5.66. The van der Waals surface area contributed by atoms with Gasteiger partial charge in [-0.15, -0.1) is 0 Å². The van der Waals surface area contributed by atoms with E-state index >= 15 is 0 Å². The molecule has 0 unspecified atom stereocenters. The maximum absolute atomic E-state index is 5.28. The Morgan fingerprint density at radius 3 is 2.71 bits per heavy atom. The lowest BCUT2D eigenvalue weighted by atomic mass is 11.0. The van der Waals surface area contributed by atoms with Crippen LogP contribution in [-0.4, -0.2) is 7.76 Å². The van der Waals surface area contributed by atoms with Crippen LogP contribution >= 0.6 is 22.9 Å². The van der Waals surface area contributed by atoms with Crippen molar-refractivity contribution in [3.05, 3.63) is 12.4 Å². The highest BCUT2D eigenvalue weighted by atomic mass is 127. The van der Waals surface area contributed by atoms with Crippen LogP contribution in [0.4, 0.5) is 5.95 Å². The number of anilines is 1. The third-order valence-electron chi connectivity index (χ3n) is 0.623. The lowest BCUT2D eigenvalue weighted by Crippen LogP contribution is -1.89. The smallest absolute Gasteiger partial charge is 0.209 e. The Balaban J connectivity index is 3.12. The largest absolute Gasteiger partial charge is 0.369 e. The molecule has 7 heavy (non-hydrogen) atoms. The van der Waals surface area contributed by atoms with Crippen molar-refractivity contribution in [3.63, 3.8) is 0 Å². The van der Waals surface area contributed by atoms with E-state index in [9.17, 15) is 0 Å². The molecule has 0 atom stereocenters. The number of nitrogens with two attached hydrogens (primary N) is 1. The summed E-state index contributed by atoms with van der Waals surface area (Å²) in [5.74, 6) is 0.542. The van der Waals surface area contributed by atoms with Crippen LogP contribution in [0.25, 0.3) is 0 Å². The van der Waals surface area contributed by atoms with Crippen molar-refractivity contribution in [2.24, 2.45) is 0 Å². The van der Waals surface area contributed by atoms with Gasteiger partial charge in [0.2, 0.25) is 5.95 Å². The fourth-order valence-corrected chi connectivity index (χ4v) is 0.568. The molecule has 0 aromatic carbocycles. The number of aromatic nitrogens is 2. The van der Waals surface area contributed by atoms with E-state index in [2.05, 4.69) is 4.98 Å². The van der Waals surface area contributed by atoms with Gasteiger partial charge in [0.25, 0.3) is 0 Å². The van der Waals surface area contributed by atoms with E-state index in [1.54, 1.807) is 15.2 Å². The van der Waals surface area contributed by atoms with Crippen molar-refractivity contribution in [1.82, 2.24) is 7.76 Å². The van der Waals surface area contributed by atoms with E-state index < -0.39 is 0 Å². The zero-order chi connectivity index (χ0) is 5.28. The molecule has 0 amide bonds. The molecule has 1 heterocycles. The Kier molecular flexibility index (Phi) is 1.18. The summed E-state index contributed by atoms with van der Waals surface area (Å²) in [6, 6.07) is 0. The number of nitrogens with zero attached hydrogens (tertiary/aromatic N) is 2. The van der Waals surface area contributed by atoms with Gasteiger partial charge < -0.3 is 5.73 Å². The Hall–Kier alpha value is -0.260. The first-order chi connectivity index (χ1) is 3.30. The van der Waals surface area contributed by atoms with E-state index in [1.165, 1.54) is 0 Å². The van der Waals surface area contributed by atoms with Gasteiger partial charge in [-0.25, -0.2) is 4.98 Å². The van der Waals surface area contributed by atoms with Gasteiger partial charge in [0, 0.05) is 12.4 Å². The third-order valence-corrected chi connectivity index (χ3v) is 1.44. The molecule has 1 aromatic heterocycles. The van der Waals surface area contributed by atoms with Crippen LogP contribution in [0.3, 0.4) is 0 Å². The molecule has 1 aromatic rings. The minimum absolute atomic E-state index is 0.542. The minimum Gasteiger partial charge on any atom is -0.369 e. The fraction of sp³-hybridized carbons (Fsp3) is 0. The van der Waals surface area contributed by atoms with Gasteiger partial charge in [0.15, 0.2) is 0 Å². The molecule has 38 valence electrons. The van der Waals surface area contributed by atoms with Crippen molar-refractivity contribution in [2.45, 2.75) is 0 Å². The van der Waals surface area contributed by atoms with E-state index in [0.29, 0.717) is 5.95 Å². The molecule has 0 aliphatic rings. The van der Waals surface area contributed by atoms with E-state index in [4.69, 9.17) is 5.73 Å². The normalized spacial score (nSPS) is 9.29. The average molecular weight is 209 g/mol. The van der Waals surface area contributed by atoms with Crippen LogP contribution in [0.2, 0.25) is 0 Å². The summed E-state index contributed by atoms with van der Waals surface area (Å²) in [7, 11) is 0. The van der Waals surface area contributed by atoms with Gasteiger partial charge in [0.05, 0.1) is 22.9 Å². The minimum atomic E-state index is 0.542. The van der Waals surface area contributed by atoms with Crippen LogP contribution < -0.4 is 5.73 Å². The standard InChI is InChI=1S/C3H4IN3/c4-7-2-1-6-3(7)5/h1-2H,(H2,5,6). The highest BCUT2D eigenvalue weighted by Gasteiger charge is 1.86. The second-order valence-electron chi connectivity index (χ2n) is 1.10. The maximum atomic E-state index is 5.28. The molecule has 0 saturated carbocycles. The summed E-state index contributed by atoms with van der Waals surface area (Å²) in [6.07, 6.45) is 3.44. The third kappa shape index (κ3) is 0.846. The SMILES string of the molecule is Nc1nccn1I. The number of hydrogen-bond donors (Lipinski definition) is 1. The van der Waals surface area contributed by atoms with Crippen LogP contribution in [0.1, 0.15) is 0 Å². The van der Waals surface area contributed by atoms with E-state index in [-0.39, 0.29) is 0 Å². The van der Waals surface area contributed by atoms with Gasteiger partial charge in [-0.3, -0.25) is 2.78 Å². The summed E-state index contributed by atoms with van der Waals surface area (Å²) in [5.41, 5.74) is 5.28. The van der Waals surface area contributed by atoms with Crippen molar-refractivity contribution in [1.29, 1.82) is 0 Å². The predicted octanol–water partition coefficient (Wildman–Crippen LogP) is 0.663. The molecule has 4 heteroatoms. The fourth-order valence-electron chi connectivity index (χ4n) is 0.300. The summed E-state index contributed by atoms with van der Waals surface area (Å²) < 4.78 is 1.72. The molecule has 0 fully saturated rings. The molecular weight excluding hydrogens is 205 g/mol. The number of nitrogen functional groups attached to an aromatic ring is 1. The Morgan fingerprint density at radius 1 is 1.86 bits per heavy atom. The van der Waals surface area contributed by atoms with Crippen LogP contribution in [0, 0.1) is 0 Å². The first kappa shape index (κ1) is 4.89. The molecular formula is C3H4IN3. The second-order valence-corrected chi connectivity index (χ2v) is 2.14. The number of imidazole rings is 1. The first-order valence-electron chi connectivity index (χ1n) is 1.75. The van der Waals surface area contributed by atoms with E-state index in [1.807, 2.05) is 22.9 Å². The molecule has 2 N–H and O–H groups in total. The zero-order valence-electron chi connectivity index (χ0n) is 3.50. The Morgan fingerprint density at radius 2 is 2.57 bits per heavy atom. The Bertz CT molecular complexity index is 142. The molecule has 0 spiro atoms. The van der Waals surface area contributed by atoms with Crippen molar-refractivity contribution >= 4 is 28.8 Å². The molecule has 0 aliphatic carbocycles. The first-order valence-corrected chi connectivity index (χ1v) is 2.72. The number of hydrogen-bond acceptors (Lipinski definition) is 2. The molecule has 0 aliphatic heterocycles. The lowest BCUT2D eigenvalue weighted by molar-refractivity contribution is 1.30. The highest BCUT2D eigenvalue weighted by molar-refractivity contribution is 14.1. The van der Waals surface area contributed by atoms with Crippen molar-refractivity contribution < 1.29 is 0 Å². The topological polar surface area (TPSA) is 43.8 Å². The highest BCUT2D eigenvalue weighted by Crippen LogP contribution is 2.00. The molecule has 0 radical (unpaired) electrons. The summed E-state index contributed by atoms with van der Waals surface area (Å²) >= 11 is 2.05. The maximum Gasteiger partial charge on any atom is 0.209 e. The van der Waals surface area contributed by atoms with E-state index in [0.717, 1.165) is 0 Å². The summed E-state index contributed by atoms with van der Waals surface area (Å²) in [6.45, 7) is 0. The van der Waals surface area contributed by atoms with Crippen molar-refractivity contribution in [3.8, 4) is 0 Å². The Labute approximate surface area is 55.0 Å². The average Bonchev–Trinajstić information content (AvgIpc) is 1.91. The van der Waals surface area contributed by atoms with Gasteiger partial charge in [-0.05, 0) is 0 Å². The van der Waals surface area contributed by atoms with Gasteiger partial charge in [-0.1, -0.05) is 0 Å². The number of rotatable bonds is 0. The van der Waals surface area contributed by atoms with Gasteiger partial charge in [-0.2, -0.15) is 0 Å². The quantitative estimate of drug-likeness (QED) is 0.638. The van der Waals surface area contributed by atoms with Crippen LogP contribution in [0.5, 0.6) is 0 Å². The second kappa shape index (κ2) is 1.69. The lowest BCUT2D eigenvalue weighted by Gasteiger charge is -1.84. The van der Waals surface area contributed by atoms with Gasteiger partial charge in [0.1, 0.15) is 0 Å². The van der Waals surface area contributed by atoms with Gasteiger partial charge >= 0.3 is 0 Å². The molecule has 3 nitrogen and oxygen atoms in total. The van der Waals surface area contributed by atoms with Crippen LogP contribution in [-0.2, 0) is 0 Å². The predicted molar refractivity (Wildman–Crippen MR) is 36.1 cm³/mol. The number of halogens is 1.